The fraction of sp³-hybridized carbons (Fsp3) is 0.238. The van der Waals surface area contributed by atoms with Gasteiger partial charge in [-0.2, -0.15) is 0 Å². The Morgan fingerprint density at radius 3 is 2.12 bits per heavy atom. The Hall–Kier alpha value is -2.20. The molecule has 130 valence electrons. The lowest BCUT2D eigenvalue weighted by atomic mass is 9.83. The Kier molecular flexibility index (Phi) is 7.14. The molecule has 3 nitrogen and oxygen atoms in total. The van der Waals surface area contributed by atoms with Crippen LogP contribution in [0.5, 0.6) is 0 Å². The van der Waals surface area contributed by atoms with Gasteiger partial charge in [0.2, 0.25) is 0 Å². The highest BCUT2D eigenvalue weighted by Gasteiger charge is 2.33. The number of rotatable bonds is 7. The molecule has 0 fully saturated rings. The van der Waals surface area contributed by atoms with Gasteiger partial charge in [-0.1, -0.05) is 82.7 Å². The van der Waals surface area contributed by atoms with Crippen LogP contribution in [0.3, 0.4) is 0 Å². The predicted molar refractivity (Wildman–Crippen MR) is 103 cm³/mol. The smallest absolute Gasteiger partial charge is 0.317 e. The number of hydrogen-bond donors (Lipinski definition) is 0. The van der Waals surface area contributed by atoms with Crippen LogP contribution < -0.4 is 0 Å². The third-order valence-electron chi connectivity index (χ3n) is 3.90. The lowest BCUT2D eigenvalue weighted by molar-refractivity contribution is -0.151. The van der Waals surface area contributed by atoms with Crippen molar-refractivity contribution in [2.24, 2.45) is 5.92 Å². The minimum absolute atomic E-state index is 0.211. The first-order valence-corrected chi connectivity index (χ1v) is 8.98. The van der Waals surface area contributed by atoms with Gasteiger partial charge in [-0.05, 0) is 25.0 Å². The van der Waals surface area contributed by atoms with Crippen molar-refractivity contribution in [3.63, 3.8) is 0 Å². The molecule has 0 bridgehead atoms. The van der Waals surface area contributed by atoms with E-state index in [9.17, 15) is 9.59 Å². The van der Waals surface area contributed by atoms with Gasteiger partial charge in [0.25, 0.3) is 0 Å². The average molecular weight is 401 g/mol. The minimum Gasteiger partial charge on any atom is -0.465 e. The average Bonchev–Trinajstić information content (AvgIpc) is 2.62. The Labute approximate surface area is 156 Å². The van der Waals surface area contributed by atoms with Crippen LogP contribution >= 0.6 is 15.9 Å². The van der Waals surface area contributed by atoms with Crippen LogP contribution in [0.2, 0.25) is 0 Å². The van der Waals surface area contributed by atoms with Crippen molar-refractivity contribution in [3.05, 3.63) is 77.9 Å². The highest BCUT2D eigenvalue weighted by atomic mass is 79.9. The zero-order chi connectivity index (χ0) is 18.2. The van der Waals surface area contributed by atoms with Crippen LogP contribution in [0.25, 0.3) is 4.48 Å². The third kappa shape index (κ3) is 5.13. The fourth-order valence-corrected chi connectivity index (χ4v) is 3.26. The molecule has 0 heterocycles. The molecule has 2 aromatic carbocycles. The van der Waals surface area contributed by atoms with E-state index >= 15 is 0 Å². The molecule has 0 aliphatic heterocycles. The van der Waals surface area contributed by atoms with Crippen LogP contribution in [0.15, 0.2) is 66.7 Å². The number of hydrogen-bond acceptors (Lipinski definition) is 3. The van der Waals surface area contributed by atoms with Gasteiger partial charge in [-0.3, -0.25) is 9.59 Å². The largest absolute Gasteiger partial charge is 0.465 e. The van der Waals surface area contributed by atoms with Crippen molar-refractivity contribution in [2.75, 3.05) is 6.61 Å². The number of ketones is 1. The van der Waals surface area contributed by atoms with Gasteiger partial charge in [0, 0.05) is 10.4 Å². The highest BCUT2D eigenvalue weighted by molar-refractivity contribution is 9.15. The summed E-state index contributed by atoms with van der Waals surface area (Å²) in [7, 11) is 0. The number of allylic oxidation sites excluding steroid dienone is 1. The second kappa shape index (κ2) is 9.33. The molecule has 0 saturated carbocycles. The van der Waals surface area contributed by atoms with Crippen molar-refractivity contribution in [2.45, 2.75) is 19.8 Å². The summed E-state index contributed by atoms with van der Waals surface area (Å²) in [6, 6.07) is 19.3. The molecule has 2 rings (SSSR count). The first-order valence-electron chi connectivity index (χ1n) is 8.19. The maximum atomic E-state index is 12.4. The van der Waals surface area contributed by atoms with Crippen molar-refractivity contribution in [1.29, 1.82) is 0 Å². The molecule has 2 unspecified atom stereocenters. The second-order valence-corrected chi connectivity index (χ2v) is 6.51. The van der Waals surface area contributed by atoms with E-state index in [1.807, 2.05) is 66.7 Å². The third-order valence-corrected chi connectivity index (χ3v) is 4.62. The zero-order valence-corrected chi connectivity index (χ0v) is 15.9. The van der Waals surface area contributed by atoms with E-state index in [1.54, 1.807) is 6.92 Å². The van der Waals surface area contributed by atoms with Gasteiger partial charge >= 0.3 is 5.97 Å². The summed E-state index contributed by atoms with van der Waals surface area (Å²) in [6.07, 6.45) is 1.91. The van der Waals surface area contributed by atoms with Crippen molar-refractivity contribution in [1.82, 2.24) is 0 Å². The minimum atomic E-state index is -0.876. The Morgan fingerprint density at radius 1 is 1.04 bits per heavy atom. The maximum absolute atomic E-state index is 12.4. The zero-order valence-electron chi connectivity index (χ0n) is 14.3. The molecule has 0 aliphatic carbocycles. The Bertz CT molecular complexity index is 738. The van der Waals surface area contributed by atoms with E-state index in [0.717, 1.165) is 15.6 Å². The summed E-state index contributed by atoms with van der Waals surface area (Å²) in [5.74, 6) is -1.99. The number of halogens is 1. The molecule has 25 heavy (non-hydrogen) atoms. The summed E-state index contributed by atoms with van der Waals surface area (Å²) in [6.45, 7) is 3.41. The van der Waals surface area contributed by atoms with E-state index < -0.39 is 17.8 Å². The van der Waals surface area contributed by atoms with Gasteiger partial charge in [-0.15, -0.1) is 0 Å². The van der Waals surface area contributed by atoms with Crippen LogP contribution in [-0.2, 0) is 14.3 Å². The molecular formula is C21H21BrO3. The number of ether oxygens (including phenoxy) is 1. The van der Waals surface area contributed by atoms with Crippen molar-refractivity contribution in [3.8, 4) is 0 Å². The van der Waals surface area contributed by atoms with Gasteiger partial charge in [0.05, 0.1) is 6.61 Å². The van der Waals surface area contributed by atoms with E-state index in [1.165, 1.54) is 6.92 Å². The van der Waals surface area contributed by atoms with Crippen molar-refractivity contribution < 1.29 is 14.3 Å². The fourth-order valence-electron chi connectivity index (χ4n) is 2.71. The van der Waals surface area contributed by atoms with Crippen LogP contribution in [0.4, 0.5) is 0 Å². The number of carbonyl (C=O) groups is 2. The quantitative estimate of drug-likeness (QED) is 0.486. The number of carbonyl (C=O) groups excluding carboxylic acids is 2. The number of Topliss-reactive ketones (excluding diaryl/α,β-unsaturated/α-hetero) is 1. The number of esters is 1. The van der Waals surface area contributed by atoms with Crippen LogP contribution in [0, 0.1) is 5.92 Å². The molecule has 4 heteroatoms. The summed E-state index contributed by atoms with van der Waals surface area (Å²) in [5.41, 5.74) is 1.87. The van der Waals surface area contributed by atoms with Crippen LogP contribution in [-0.4, -0.2) is 18.4 Å². The van der Waals surface area contributed by atoms with E-state index in [2.05, 4.69) is 15.9 Å². The first-order chi connectivity index (χ1) is 12.0. The summed E-state index contributed by atoms with van der Waals surface area (Å²) >= 11 is 3.59. The van der Waals surface area contributed by atoms with E-state index in [-0.39, 0.29) is 12.4 Å². The molecule has 0 amide bonds. The van der Waals surface area contributed by atoms with Gasteiger partial charge < -0.3 is 4.74 Å². The maximum Gasteiger partial charge on any atom is 0.317 e. The molecule has 0 N–H and O–H groups in total. The van der Waals surface area contributed by atoms with Gasteiger partial charge in [0.1, 0.15) is 11.7 Å². The number of benzene rings is 2. The molecule has 0 aromatic heterocycles. The lowest BCUT2D eigenvalue weighted by Crippen LogP contribution is -2.30. The Balaban J connectivity index is 2.49. The van der Waals surface area contributed by atoms with Crippen LogP contribution in [0.1, 0.15) is 30.9 Å². The monoisotopic (exact) mass is 400 g/mol. The molecule has 2 aromatic rings. The van der Waals surface area contributed by atoms with Gasteiger partial charge in [-0.25, -0.2) is 0 Å². The second-order valence-electron chi connectivity index (χ2n) is 5.66. The lowest BCUT2D eigenvalue weighted by Gasteiger charge is -2.22. The summed E-state index contributed by atoms with van der Waals surface area (Å²) in [5, 5.41) is 0. The molecule has 0 radical (unpaired) electrons. The Morgan fingerprint density at radius 2 is 1.60 bits per heavy atom. The predicted octanol–water partition coefficient (Wildman–Crippen LogP) is 4.97. The SMILES string of the molecule is CCOC(=O)C(C(C)=O)C(/C=C(\Br)c1ccccc1)c1ccccc1. The summed E-state index contributed by atoms with van der Waals surface area (Å²) < 4.78 is 5.98. The summed E-state index contributed by atoms with van der Waals surface area (Å²) in [4.78, 5) is 24.7. The van der Waals surface area contributed by atoms with E-state index in [0.29, 0.717) is 0 Å². The molecular weight excluding hydrogens is 380 g/mol. The van der Waals surface area contributed by atoms with Gasteiger partial charge in [0.15, 0.2) is 0 Å². The highest BCUT2D eigenvalue weighted by Crippen LogP contribution is 2.33. The van der Waals surface area contributed by atoms with Crippen molar-refractivity contribution >= 4 is 32.2 Å². The van der Waals surface area contributed by atoms with E-state index in [4.69, 9.17) is 4.74 Å². The molecule has 2 atom stereocenters. The molecule has 0 saturated heterocycles. The first kappa shape index (κ1) is 19.1. The standard InChI is InChI=1S/C21H21BrO3/c1-3-25-21(24)20(15(2)23)18(16-10-6-4-7-11-16)14-19(22)17-12-8-5-9-13-17/h4-14,18,20H,3H2,1-2H3/b19-14-. The molecule has 0 spiro atoms. The topological polar surface area (TPSA) is 43.4 Å². The normalized spacial score (nSPS) is 13.8. The molecule has 0 aliphatic rings.